The summed E-state index contributed by atoms with van der Waals surface area (Å²) in [5.74, 6) is -0.248. The average Bonchev–Trinajstić information content (AvgIpc) is 2.48. The van der Waals surface area contributed by atoms with Crippen LogP contribution in [-0.2, 0) is 16.0 Å². The van der Waals surface area contributed by atoms with Gasteiger partial charge in [-0.2, -0.15) is 0 Å². The molecule has 0 fully saturated rings. The van der Waals surface area contributed by atoms with E-state index in [9.17, 15) is 9.59 Å². The first-order chi connectivity index (χ1) is 9.74. The van der Waals surface area contributed by atoms with Gasteiger partial charge in [-0.15, -0.1) is 0 Å². The molecule has 6 heteroatoms. The number of aryl methyl sites for hydroxylation is 1. The van der Waals surface area contributed by atoms with Crippen LogP contribution < -0.4 is 10.6 Å². The Labute approximate surface area is 129 Å². The summed E-state index contributed by atoms with van der Waals surface area (Å²) in [5.41, 5.74) is 1.10. The van der Waals surface area contributed by atoms with Crippen molar-refractivity contribution >= 4 is 29.3 Å². The number of ether oxygens (including phenoxy) is 1. The number of benzene rings is 1. The lowest BCUT2D eigenvalue weighted by Gasteiger charge is -2.22. The van der Waals surface area contributed by atoms with E-state index in [1.54, 1.807) is 32.9 Å². The molecule has 1 atom stereocenters. The molecule has 21 heavy (non-hydrogen) atoms. The molecule has 1 aromatic carbocycles. The van der Waals surface area contributed by atoms with Gasteiger partial charge in [0.15, 0.2) is 0 Å². The Morgan fingerprint density at radius 2 is 2.14 bits per heavy atom. The number of anilines is 1. The van der Waals surface area contributed by atoms with E-state index in [-0.39, 0.29) is 5.91 Å². The number of hydrogen-bond acceptors (Lipinski definition) is 3. The highest BCUT2D eigenvalue weighted by atomic mass is 35.5. The maximum Gasteiger partial charge on any atom is 0.408 e. The van der Waals surface area contributed by atoms with Gasteiger partial charge in [0.25, 0.3) is 0 Å². The van der Waals surface area contributed by atoms with E-state index in [0.717, 1.165) is 11.3 Å². The van der Waals surface area contributed by atoms with E-state index in [0.29, 0.717) is 17.9 Å². The van der Waals surface area contributed by atoms with Crippen LogP contribution in [0.1, 0.15) is 32.8 Å². The Balaban J connectivity index is 2.05. The number of nitrogens with one attached hydrogen (secondary N) is 2. The smallest absolute Gasteiger partial charge is 0.408 e. The molecule has 1 aliphatic heterocycles. The first-order valence-electron chi connectivity index (χ1n) is 6.83. The predicted molar refractivity (Wildman–Crippen MR) is 81.6 cm³/mol. The van der Waals surface area contributed by atoms with E-state index < -0.39 is 17.7 Å². The predicted octanol–water partition coefficient (Wildman–Crippen LogP) is 3.12. The van der Waals surface area contributed by atoms with Gasteiger partial charge in [0.05, 0.1) is 0 Å². The molecule has 0 aromatic heterocycles. The van der Waals surface area contributed by atoms with Crippen LogP contribution >= 0.6 is 11.6 Å². The molecule has 2 amide bonds. The number of fused-ring (bicyclic) bond motifs is 1. The number of alkyl carbamates (subject to hydrolysis) is 1. The van der Waals surface area contributed by atoms with Gasteiger partial charge in [-0.3, -0.25) is 4.79 Å². The zero-order chi connectivity index (χ0) is 15.6. The lowest BCUT2D eigenvalue weighted by atomic mass is 10.1. The topological polar surface area (TPSA) is 67.4 Å². The Kier molecular flexibility index (Phi) is 4.42. The van der Waals surface area contributed by atoms with E-state index in [1.807, 2.05) is 6.07 Å². The van der Waals surface area contributed by atoms with Gasteiger partial charge in [-0.25, -0.2) is 4.79 Å². The van der Waals surface area contributed by atoms with E-state index >= 15 is 0 Å². The minimum atomic E-state index is -0.619. The highest BCUT2D eigenvalue weighted by molar-refractivity contribution is 6.30. The minimum Gasteiger partial charge on any atom is -0.444 e. The summed E-state index contributed by atoms with van der Waals surface area (Å²) < 4.78 is 5.17. The molecule has 1 unspecified atom stereocenters. The lowest BCUT2D eigenvalue weighted by molar-refractivity contribution is -0.118. The van der Waals surface area contributed by atoms with Gasteiger partial charge >= 0.3 is 6.09 Å². The summed E-state index contributed by atoms with van der Waals surface area (Å²) in [6, 6.07) is 4.70. The van der Waals surface area contributed by atoms with Crippen molar-refractivity contribution in [2.24, 2.45) is 0 Å². The van der Waals surface area contributed by atoms with Gasteiger partial charge in [-0.1, -0.05) is 11.6 Å². The summed E-state index contributed by atoms with van der Waals surface area (Å²) in [4.78, 5) is 23.9. The molecule has 2 N–H and O–H groups in total. The Bertz CT molecular complexity index is 567. The Morgan fingerprint density at radius 1 is 1.43 bits per heavy atom. The standard InChI is InChI=1S/C15H19ClN2O3/c1-15(2,3)21-14(20)18-12-6-4-9-8-10(16)5-7-11(9)17-13(12)19/h5,7-8,12H,4,6H2,1-3H3,(H,17,19)(H,18,20). The third-order valence-corrected chi connectivity index (χ3v) is 3.27. The van der Waals surface area contributed by atoms with Crippen LogP contribution in [0.25, 0.3) is 0 Å². The quantitative estimate of drug-likeness (QED) is 0.837. The molecule has 0 saturated heterocycles. The first kappa shape index (κ1) is 15.6. The zero-order valence-electron chi connectivity index (χ0n) is 12.3. The number of rotatable bonds is 1. The van der Waals surface area contributed by atoms with Gasteiger partial charge < -0.3 is 15.4 Å². The first-order valence-corrected chi connectivity index (χ1v) is 7.21. The van der Waals surface area contributed by atoms with Crippen molar-refractivity contribution in [1.29, 1.82) is 0 Å². The van der Waals surface area contributed by atoms with E-state index in [2.05, 4.69) is 10.6 Å². The molecule has 1 heterocycles. The Morgan fingerprint density at radius 3 is 2.81 bits per heavy atom. The third kappa shape index (κ3) is 4.36. The number of carbonyl (C=O) groups is 2. The van der Waals surface area contributed by atoms with Crippen LogP contribution in [0.5, 0.6) is 0 Å². The van der Waals surface area contributed by atoms with E-state index in [4.69, 9.17) is 16.3 Å². The lowest BCUT2D eigenvalue weighted by Crippen LogP contribution is -2.45. The molecular weight excluding hydrogens is 292 g/mol. The molecule has 5 nitrogen and oxygen atoms in total. The molecular formula is C15H19ClN2O3. The van der Waals surface area contributed by atoms with Crippen LogP contribution in [0.15, 0.2) is 18.2 Å². The van der Waals surface area contributed by atoms with Crippen LogP contribution in [0.4, 0.5) is 10.5 Å². The minimum absolute atomic E-state index is 0.248. The molecule has 1 aliphatic rings. The summed E-state index contributed by atoms with van der Waals surface area (Å²) in [6.07, 6.45) is 0.555. The summed E-state index contributed by atoms with van der Waals surface area (Å²) in [6.45, 7) is 5.33. The molecule has 0 saturated carbocycles. The van der Waals surface area contributed by atoms with Crippen molar-refractivity contribution in [2.75, 3.05) is 5.32 Å². The number of hydrogen-bond donors (Lipinski definition) is 2. The van der Waals surface area contributed by atoms with Crippen molar-refractivity contribution in [3.8, 4) is 0 Å². The second kappa shape index (κ2) is 5.93. The van der Waals surface area contributed by atoms with Crippen LogP contribution in [0.2, 0.25) is 5.02 Å². The summed E-state index contributed by atoms with van der Waals surface area (Å²) >= 11 is 5.96. The number of amides is 2. The van der Waals surface area contributed by atoms with Crippen molar-refractivity contribution in [2.45, 2.75) is 45.3 Å². The van der Waals surface area contributed by atoms with Crippen molar-refractivity contribution in [3.63, 3.8) is 0 Å². The van der Waals surface area contributed by atoms with Crippen molar-refractivity contribution in [3.05, 3.63) is 28.8 Å². The highest BCUT2D eigenvalue weighted by Crippen LogP contribution is 2.25. The molecule has 1 aromatic rings. The van der Waals surface area contributed by atoms with Crippen LogP contribution in [0, 0.1) is 0 Å². The summed E-state index contributed by atoms with van der Waals surface area (Å²) in [5, 5.41) is 6.03. The van der Waals surface area contributed by atoms with Crippen molar-refractivity contribution in [1.82, 2.24) is 5.32 Å². The maximum absolute atomic E-state index is 12.1. The van der Waals surface area contributed by atoms with Crippen molar-refractivity contribution < 1.29 is 14.3 Å². The monoisotopic (exact) mass is 310 g/mol. The van der Waals surface area contributed by atoms with Gasteiger partial charge in [0.2, 0.25) is 5.91 Å². The van der Waals surface area contributed by atoms with Gasteiger partial charge in [0, 0.05) is 10.7 Å². The highest BCUT2D eigenvalue weighted by Gasteiger charge is 2.27. The molecule has 0 radical (unpaired) electrons. The van der Waals surface area contributed by atoms with Gasteiger partial charge in [-0.05, 0) is 57.4 Å². The fourth-order valence-corrected chi connectivity index (χ4v) is 2.32. The van der Waals surface area contributed by atoms with Crippen LogP contribution in [0.3, 0.4) is 0 Å². The Hall–Kier alpha value is -1.75. The fraction of sp³-hybridized carbons (Fsp3) is 0.467. The van der Waals surface area contributed by atoms with Crippen LogP contribution in [-0.4, -0.2) is 23.6 Å². The summed E-state index contributed by atoms with van der Waals surface area (Å²) in [7, 11) is 0. The normalized spacial score (nSPS) is 18.3. The van der Waals surface area contributed by atoms with E-state index in [1.165, 1.54) is 0 Å². The molecule has 0 bridgehead atoms. The molecule has 0 spiro atoms. The SMILES string of the molecule is CC(C)(C)OC(=O)NC1CCc2cc(Cl)ccc2NC1=O. The number of halogens is 1. The molecule has 114 valence electrons. The number of carbonyl (C=O) groups excluding carboxylic acids is 2. The average molecular weight is 311 g/mol. The zero-order valence-corrected chi connectivity index (χ0v) is 13.1. The maximum atomic E-state index is 12.1. The fourth-order valence-electron chi connectivity index (χ4n) is 2.13. The largest absolute Gasteiger partial charge is 0.444 e. The third-order valence-electron chi connectivity index (χ3n) is 3.03. The van der Waals surface area contributed by atoms with Gasteiger partial charge in [0.1, 0.15) is 11.6 Å². The second-order valence-corrected chi connectivity index (χ2v) is 6.46. The second-order valence-electron chi connectivity index (χ2n) is 6.03. The molecule has 2 rings (SSSR count). The molecule has 0 aliphatic carbocycles.